The maximum absolute atomic E-state index is 12.7. The summed E-state index contributed by atoms with van der Waals surface area (Å²) in [5, 5.41) is 4.00. The highest BCUT2D eigenvalue weighted by atomic mass is 16.5. The molecule has 120 valence electrons. The summed E-state index contributed by atoms with van der Waals surface area (Å²) in [5.41, 5.74) is 1.63. The number of rotatable bonds is 3. The quantitative estimate of drug-likeness (QED) is 0.741. The van der Waals surface area contributed by atoms with Gasteiger partial charge in [0, 0.05) is 31.1 Å². The molecule has 1 amide bonds. The third-order valence-electron chi connectivity index (χ3n) is 4.43. The van der Waals surface area contributed by atoms with Gasteiger partial charge in [0.25, 0.3) is 5.91 Å². The molecular formula is C18H16N4O2. The Morgan fingerprint density at radius 1 is 1.00 bits per heavy atom. The van der Waals surface area contributed by atoms with E-state index in [1.807, 2.05) is 29.2 Å². The molecule has 6 nitrogen and oxygen atoms in total. The Bertz CT molecular complexity index is 806. The van der Waals surface area contributed by atoms with E-state index in [1.54, 1.807) is 18.3 Å². The molecule has 0 radical (unpaired) electrons. The Labute approximate surface area is 139 Å². The lowest BCUT2D eigenvalue weighted by Crippen LogP contribution is -2.29. The standard InChI is InChI=1S/C18H16N4O2/c23-18(16-8-4-5-9-19-16)22-10-14(13-6-2-1-3-7-13)15(11-22)17-20-12-24-21-17/h1-9,12,14-15H,10-11H2/t14-,15+/m0/s1. The predicted molar refractivity (Wildman–Crippen MR) is 86.4 cm³/mol. The molecule has 1 fully saturated rings. The molecule has 0 bridgehead atoms. The van der Waals surface area contributed by atoms with Crippen molar-refractivity contribution in [2.24, 2.45) is 0 Å². The summed E-state index contributed by atoms with van der Waals surface area (Å²) in [4.78, 5) is 22.9. The summed E-state index contributed by atoms with van der Waals surface area (Å²) in [6.07, 6.45) is 2.97. The monoisotopic (exact) mass is 320 g/mol. The molecule has 0 spiro atoms. The van der Waals surface area contributed by atoms with Gasteiger partial charge in [0.15, 0.2) is 5.82 Å². The molecule has 1 aliphatic rings. The zero-order valence-electron chi connectivity index (χ0n) is 12.9. The maximum atomic E-state index is 12.7. The average Bonchev–Trinajstić information content (AvgIpc) is 3.32. The Balaban J connectivity index is 1.64. The van der Waals surface area contributed by atoms with E-state index < -0.39 is 0 Å². The summed E-state index contributed by atoms with van der Waals surface area (Å²) in [6, 6.07) is 15.5. The molecule has 3 aromatic rings. The van der Waals surface area contributed by atoms with Crippen LogP contribution in [0, 0.1) is 0 Å². The van der Waals surface area contributed by atoms with Crippen LogP contribution in [0.2, 0.25) is 0 Å². The molecule has 1 aromatic carbocycles. The Morgan fingerprint density at radius 2 is 1.79 bits per heavy atom. The van der Waals surface area contributed by atoms with Gasteiger partial charge in [-0.05, 0) is 17.7 Å². The summed E-state index contributed by atoms with van der Waals surface area (Å²) in [5.74, 6) is 0.720. The SMILES string of the molecule is O=C(c1ccccn1)N1C[C@@H](c2ccccc2)[C@H](c2ncon2)C1. The first-order valence-electron chi connectivity index (χ1n) is 7.84. The molecule has 2 atom stereocenters. The lowest BCUT2D eigenvalue weighted by atomic mass is 9.88. The minimum Gasteiger partial charge on any atom is -0.343 e. The van der Waals surface area contributed by atoms with Crippen molar-refractivity contribution in [3.8, 4) is 0 Å². The van der Waals surface area contributed by atoms with Gasteiger partial charge in [0.05, 0.1) is 0 Å². The van der Waals surface area contributed by atoms with E-state index in [9.17, 15) is 4.79 Å². The highest BCUT2D eigenvalue weighted by Crippen LogP contribution is 2.38. The molecule has 1 saturated heterocycles. The molecule has 0 saturated carbocycles. The first-order chi connectivity index (χ1) is 11.8. The summed E-state index contributed by atoms with van der Waals surface area (Å²) in [6.45, 7) is 1.16. The fourth-order valence-electron chi connectivity index (χ4n) is 3.26. The van der Waals surface area contributed by atoms with E-state index in [-0.39, 0.29) is 17.7 Å². The molecule has 0 N–H and O–H groups in total. The van der Waals surface area contributed by atoms with Gasteiger partial charge in [0.1, 0.15) is 5.69 Å². The lowest BCUT2D eigenvalue weighted by Gasteiger charge is -2.16. The molecule has 6 heteroatoms. The van der Waals surface area contributed by atoms with Crippen molar-refractivity contribution in [1.29, 1.82) is 0 Å². The number of benzene rings is 1. The predicted octanol–water partition coefficient (Wildman–Crippen LogP) is 2.49. The van der Waals surface area contributed by atoms with Crippen LogP contribution in [0.1, 0.15) is 33.7 Å². The fraction of sp³-hybridized carbons (Fsp3) is 0.222. The van der Waals surface area contributed by atoms with Crippen molar-refractivity contribution >= 4 is 5.91 Å². The number of amides is 1. The van der Waals surface area contributed by atoms with Gasteiger partial charge in [0.2, 0.25) is 6.39 Å². The van der Waals surface area contributed by atoms with Crippen molar-refractivity contribution < 1.29 is 9.32 Å². The van der Waals surface area contributed by atoms with E-state index in [4.69, 9.17) is 4.52 Å². The number of pyridine rings is 1. The van der Waals surface area contributed by atoms with Gasteiger partial charge >= 0.3 is 0 Å². The molecule has 0 aliphatic carbocycles. The Kier molecular flexibility index (Phi) is 3.78. The van der Waals surface area contributed by atoms with Gasteiger partial charge in [-0.3, -0.25) is 9.78 Å². The highest BCUT2D eigenvalue weighted by Gasteiger charge is 2.39. The van der Waals surface area contributed by atoms with Gasteiger partial charge in [-0.25, -0.2) is 0 Å². The summed E-state index contributed by atoms with van der Waals surface area (Å²) >= 11 is 0. The largest absolute Gasteiger partial charge is 0.343 e. The van der Waals surface area contributed by atoms with Crippen LogP contribution < -0.4 is 0 Å². The van der Waals surface area contributed by atoms with Crippen LogP contribution in [0.4, 0.5) is 0 Å². The second-order valence-electron chi connectivity index (χ2n) is 5.84. The van der Waals surface area contributed by atoms with E-state index in [1.165, 1.54) is 12.0 Å². The fourth-order valence-corrected chi connectivity index (χ4v) is 3.26. The van der Waals surface area contributed by atoms with Crippen LogP contribution in [-0.2, 0) is 0 Å². The van der Waals surface area contributed by atoms with Crippen LogP contribution in [0.5, 0.6) is 0 Å². The first-order valence-corrected chi connectivity index (χ1v) is 7.84. The molecule has 0 unspecified atom stereocenters. The smallest absolute Gasteiger partial charge is 0.272 e. The summed E-state index contributed by atoms with van der Waals surface area (Å²) in [7, 11) is 0. The van der Waals surface area contributed by atoms with Crippen LogP contribution in [0.3, 0.4) is 0 Å². The second kappa shape index (κ2) is 6.23. The number of hydrogen-bond acceptors (Lipinski definition) is 5. The molecule has 4 rings (SSSR count). The lowest BCUT2D eigenvalue weighted by molar-refractivity contribution is 0.0783. The first kappa shape index (κ1) is 14.6. The van der Waals surface area contributed by atoms with Crippen molar-refractivity contribution in [3.05, 3.63) is 78.2 Å². The van der Waals surface area contributed by atoms with Gasteiger partial charge < -0.3 is 9.42 Å². The Morgan fingerprint density at radius 3 is 2.50 bits per heavy atom. The minimum absolute atomic E-state index is 0.0128. The van der Waals surface area contributed by atoms with Crippen LogP contribution in [0.25, 0.3) is 0 Å². The van der Waals surface area contributed by atoms with Crippen molar-refractivity contribution in [1.82, 2.24) is 20.0 Å². The number of carbonyl (C=O) groups is 1. The summed E-state index contributed by atoms with van der Waals surface area (Å²) < 4.78 is 4.91. The zero-order chi connectivity index (χ0) is 16.4. The Hall–Kier alpha value is -3.02. The third-order valence-corrected chi connectivity index (χ3v) is 4.43. The zero-order valence-corrected chi connectivity index (χ0v) is 12.9. The number of hydrogen-bond donors (Lipinski definition) is 0. The van der Waals surface area contributed by atoms with Crippen molar-refractivity contribution in [3.63, 3.8) is 0 Å². The second-order valence-corrected chi connectivity index (χ2v) is 5.84. The number of carbonyl (C=O) groups excluding carboxylic acids is 1. The van der Waals surface area contributed by atoms with Crippen molar-refractivity contribution in [2.45, 2.75) is 11.8 Å². The van der Waals surface area contributed by atoms with E-state index in [0.717, 1.165) is 0 Å². The van der Waals surface area contributed by atoms with E-state index in [2.05, 4.69) is 27.3 Å². The topological polar surface area (TPSA) is 72.1 Å². The van der Waals surface area contributed by atoms with Crippen LogP contribution >= 0.6 is 0 Å². The van der Waals surface area contributed by atoms with Crippen LogP contribution in [0.15, 0.2) is 65.6 Å². The van der Waals surface area contributed by atoms with Crippen LogP contribution in [-0.4, -0.2) is 39.0 Å². The number of aromatic nitrogens is 3. The molecule has 2 aromatic heterocycles. The normalized spacial score (nSPS) is 20.2. The minimum atomic E-state index is -0.0671. The van der Waals surface area contributed by atoms with Gasteiger partial charge in [-0.15, -0.1) is 0 Å². The molecule has 24 heavy (non-hydrogen) atoms. The third kappa shape index (κ3) is 2.67. The van der Waals surface area contributed by atoms with Gasteiger partial charge in [-0.1, -0.05) is 41.6 Å². The maximum Gasteiger partial charge on any atom is 0.272 e. The molecule has 1 aliphatic heterocycles. The molecule has 3 heterocycles. The number of nitrogens with zero attached hydrogens (tertiary/aromatic N) is 4. The van der Waals surface area contributed by atoms with Crippen molar-refractivity contribution in [2.75, 3.05) is 13.1 Å². The van der Waals surface area contributed by atoms with E-state index >= 15 is 0 Å². The number of likely N-dealkylation sites (tertiary alicyclic amines) is 1. The highest BCUT2D eigenvalue weighted by molar-refractivity contribution is 5.92. The average molecular weight is 320 g/mol. The van der Waals surface area contributed by atoms with Gasteiger partial charge in [-0.2, -0.15) is 4.98 Å². The van der Waals surface area contributed by atoms with E-state index in [0.29, 0.717) is 24.6 Å². The molecular weight excluding hydrogens is 304 g/mol.